The summed E-state index contributed by atoms with van der Waals surface area (Å²) in [5, 5.41) is 0.847. The van der Waals surface area contributed by atoms with Gasteiger partial charge in [-0.15, -0.1) is 0 Å². The molecule has 1 aliphatic rings. The SMILES string of the molecule is CCCC1(c2ccc(Cl)cc2)CCC1. The van der Waals surface area contributed by atoms with E-state index in [-0.39, 0.29) is 0 Å². The molecule has 0 heterocycles. The zero-order valence-corrected chi connectivity index (χ0v) is 9.48. The fourth-order valence-electron chi connectivity index (χ4n) is 2.57. The molecule has 0 radical (unpaired) electrons. The van der Waals surface area contributed by atoms with Crippen molar-refractivity contribution in [1.29, 1.82) is 0 Å². The maximum Gasteiger partial charge on any atom is 0.0406 e. The quantitative estimate of drug-likeness (QED) is 0.683. The van der Waals surface area contributed by atoms with Crippen LogP contribution in [-0.4, -0.2) is 0 Å². The molecule has 1 heteroatoms. The molecular formula is C13H17Cl. The molecular weight excluding hydrogens is 192 g/mol. The average molecular weight is 209 g/mol. The lowest BCUT2D eigenvalue weighted by Crippen LogP contribution is -2.33. The Hall–Kier alpha value is -0.490. The zero-order valence-electron chi connectivity index (χ0n) is 8.72. The predicted octanol–water partition coefficient (Wildman–Crippen LogP) is 4.56. The molecule has 0 unspecified atom stereocenters. The second kappa shape index (κ2) is 3.94. The van der Waals surface area contributed by atoms with Crippen LogP contribution in [0.5, 0.6) is 0 Å². The van der Waals surface area contributed by atoms with Crippen LogP contribution in [0.25, 0.3) is 0 Å². The van der Waals surface area contributed by atoms with Gasteiger partial charge in [-0.1, -0.05) is 43.5 Å². The van der Waals surface area contributed by atoms with Crippen LogP contribution in [0.4, 0.5) is 0 Å². The van der Waals surface area contributed by atoms with Crippen molar-refractivity contribution >= 4 is 11.6 Å². The summed E-state index contributed by atoms with van der Waals surface area (Å²) >= 11 is 5.90. The Kier molecular flexibility index (Phi) is 2.83. The molecule has 0 aliphatic heterocycles. The Morgan fingerprint density at radius 3 is 2.29 bits per heavy atom. The van der Waals surface area contributed by atoms with E-state index in [0.717, 1.165) is 5.02 Å². The van der Waals surface area contributed by atoms with E-state index in [1.807, 2.05) is 12.1 Å². The Morgan fingerprint density at radius 2 is 1.86 bits per heavy atom. The van der Waals surface area contributed by atoms with E-state index in [1.54, 1.807) is 0 Å². The molecule has 76 valence electrons. The lowest BCUT2D eigenvalue weighted by Gasteiger charge is -2.42. The normalized spacial score (nSPS) is 19.0. The van der Waals surface area contributed by atoms with E-state index in [9.17, 15) is 0 Å². The first-order chi connectivity index (χ1) is 6.77. The monoisotopic (exact) mass is 208 g/mol. The minimum Gasteiger partial charge on any atom is -0.0843 e. The molecule has 0 N–H and O–H groups in total. The number of halogens is 1. The summed E-state index contributed by atoms with van der Waals surface area (Å²) in [5.41, 5.74) is 1.99. The van der Waals surface area contributed by atoms with Gasteiger partial charge in [-0.2, -0.15) is 0 Å². The fraction of sp³-hybridized carbons (Fsp3) is 0.538. The number of hydrogen-bond donors (Lipinski definition) is 0. The van der Waals surface area contributed by atoms with Gasteiger partial charge < -0.3 is 0 Å². The third-order valence-electron chi connectivity index (χ3n) is 3.50. The van der Waals surface area contributed by atoms with Crippen molar-refractivity contribution in [2.24, 2.45) is 0 Å². The summed E-state index contributed by atoms with van der Waals surface area (Å²) in [6.07, 6.45) is 6.73. The molecule has 0 aromatic heterocycles. The van der Waals surface area contributed by atoms with E-state index in [1.165, 1.54) is 37.7 Å². The molecule has 2 rings (SSSR count). The minimum atomic E-state index is 0.499. The van der Waals surface area contributed by atoms with Gasteiger partial charge in [0.15, 0.2) is 0 Å². The summed E-state index contributed by atoms with van der Waals surface area (Å²) < 4.78 is 0. The van der Waals surface area contributed by atoms with E-state index in [4.69, 9.17) is 11.6 Å². The van der Waals surface area contributed by atoms with Gasteiger partial charge in [0.2, 0.25) is 0 Å². The minimum absolute atomic E-state index is 0.499. The second-order valence-corrected chi connectivity index (χ2v) is 4.83. The van der Waals surface area contributed by atoms with Crippen molar-refractivity contribution in [3.63, 3.8) is 0 Å². The van der Waals surface area contributed by atoms with Crippen LogP contribution in [0.1, 0.15) is 44.6 Å². The highest BCUT2D eigenvalue weighted by molar-refractivity contribution is 6.30. The van der Waals surface area contributed by atoms with Crippen molar-refractivity contribution in [3.8, 4) is 0 Å². The number of rotatable bonds is 3. The van der Waals surface area contributed by atoms with Gasteiger partial charge in [0.25, 0.3) is 0 Å². The van der Waals surface area contributed by atoms with Gasteiger partial charge in [-0.25, -0.2) is 0 Å². The van der Waals surface area contributed by atoms with Crippen molar-refractivity contribution in [1.82, 2.24) is 0 Å². The van der Waals surface area contributed by atoms with E-state index < -0.39 is 0 Å². The Bertz CT molecular complexity index is 296. The average Bonchev–Trinajstić information content (AvgIpc) is 2.13. The van der Waals surface area contributed by atoms with E-state index >= 15 is 0 Å². The third-order valence-corrected chi connectivity index (χ3v) is 3.75. The molecule has 1 fully saturated rings. The van der Waals surface area contributed by atoms with Crippen LogP contribution in [0.2, 0.25) is 5.02 Å². The standard InChI is InChI=1S/C13H17Cl/c1-2-8-13(9-3-10-13)11-4-6-12(14)7-5-11/h4-7H,2-3,8-10H2,1H3. The van der Waals surface area contributed by atoms with Gasteiger partial charge in [0.1, 0.15) is 0 Å². The fourth-order valence-corrected chi connectivity index (χ4v) is 2.69. The largest absolute Gasteiger partial charge is 0.0843 e. The molecule has 14 heavy (non-hydrogen) atoms. The highest BCUT2D eigenvalue weighted by Crippen LogP contribution is 2.47. The van der Waals surface area contributed by atoms with Crippen LogP contribution in [0, 0.1) is 0 Å². The van der Waals surface area contributed by atoms with Crippen LogP contribution < -0.4 is 0 Å². The van der Waals surface area contributed by atoms with Crippen molar-refractivity contribution in [3.05, 3.63) is 34.9 Å². The van der Waals surface area contributed by atoms with Crippen molar-refractivity contribution < 1.29 is 0 Å². The topological polar surface area (TPSA) is 0 Å². The summed E-state index contributed by atoms with van der Waals surface area (Å²) in [6.45, 7) is 2.27. The number of hydrogen-bond acceptors (Lipinski definition) is 0. The molecule has 0 nitrogen and oxygen atoms in total. The molecule has 1 saturated carbocycles. The van der Waals surface area contributed by atoms with Gasteiger partial charge in [-0.3, -0.25) is 0 Å². The molecule has 0 amide bonds. The lowest BCUT2D eigenvalue weighted by molar-refractivity contribution is 0.224. The Balaban J connectivity index is 2.23. The molecule has 1 aromatic carbocycles. The second-order valence-electron chi connectivity index (χ2n) is 4.39. The summed E-state index contributed by atoms with van der Waals surface area (Å²) in [7, 11) is 0. The van der Waals surface area contributed by atoms with Crippen LogP contribution in [0.15, 0.2) is 24.3 Å². The predicted molar refractivity (Wildman–Crippen MR) is 61.9 cm³/mol. The Labute approximate surface area is 91.3 Å². The molecule has 0 saturated heterocycles. The first kappa shape index (κ1) is 10.0. The maximum absolute atomic E-state index is 5.90. The molecule has 0 atom stereocenters. The van der Waals surface area contributed by atoms with Gasteiger partial charge in [0, 0.05) is 5.02 Å². The van der Waals surface area contributed by atoms with Gasteiger partial charge in [0.05, 0.1) is 0 Å². The first-order valence-corrected chi connectivity index (χ1v) is 5.91. The van der Waals surface area contributed by atoms with Crippen molar-refractivity contribution in [2.75, 3.05) is 0 Å². The smallest absolute Gasteiger partial charge is 0.0406 e. The highest BCUT2D eigenvalue weighted by atomic mass is 35.5. The van der Waals surface area contributed by atoms with Gasteiger partial charge in [-0.05, 0) is 42.4 Å². The number of benzene rings is 1. The van der Waals surface area contributed by atoms with E-state index in [2.05, 4.69) is 19.1 Å². The van der Waals surface area contributed by atoms with Gasteiger partial charge >= 0.3 is 0 Å². The van der Waals surface area contributed by atoms with Crippen LogP contribution in [0.3, 0.4) is 0 Å². The Morgan fingerprint density at radius 1 is 1.21 bits per heavy atom. The zero-order chi connectivity index (χ0) is 10.0. The highest BCUT2D eigenvalue weighted by Gasteiger charge is 2.37. The summed E-state index contributed by atoms with van der Waals surface area (Å²) in [6, 6.07) is 8.45. The maximum atomic E-state index is 5.90. The molecule has 0 spiro atoms. The molecule has 0 bridgehead atoms. The van der Waals surface area contributed by atoms with Crippen molar-refractivity contribution in [2.45, 2.75) is 44.4 Å². The summed E-state index contributed by atoms with van der Waals surface area (Å²) in [5.74, 6) is 0. The van der Waals surface area contributed by atoms with Crippen LogP contribution in [-0.2, 0) is 5.41 Å². The third kappa shape index (κ3) is 1.68. The summed E-state index contributed by atoms with van der Waals surface area (Å²) in [4.78, 5) is 0. The van der Waals surface area contributed by atoms with E-state index in [0.29, 0.717) is 5.41 Å². The molecule has 1 aromatic rings. The molecule has 1 aliphatic carbocycles. The van der Waals surface area contributed by atoms with Crippen LogP contribution >= 0.6 is 11.6 Å². The lowest BCUT2D eigenvalue weighted by atomic mass is 9.62. The first-order valence-electron chi connectivity index (χ1n) is 5.53.